The average molecular weight is 302 g/mol. The molecule has 3 heterocycles. The maximum atomic E-state index is 12.2. The minimum atomic E-state index is -0.00692. The molecule has 1 aliphatic rings. The molecule has 0 unspecified atom stereocenters. The molecule has 0 spiro atoms. The largest absolute Gasteiger partial charge is 0.459 e. The fourth-order valence-corrected chi connectivity index (χ4v) is 2.84. The fraction of sp³-hybridized carbons (Fsp3) is 0.500. The van der Waals surface area contributed by atoms with Crippen LogP contribution < -0.4 is 0 Å². The van der Waals surface area contributed by atoms with Gasteiger partial charge in [0.1, 0.15) is 5.82 Å². The first-order valence-corrected chi connectivity index (χ1v) is 7.83. The number of nitrogens with zero attached hydrogens (tertiary/aromatic N) is 4. The van der Waals surface area contributed by atoms with Gasteiger partial charge in [0, 0.05) is 58.1 Å². The second-order valence-electron chi connectivity index (χ2n) is 5.50. The molecule has 2 aromatic heterocycles. The van der Waals surface area contributed by atoms with Gasteiger partial charge in [-0.05, 0) is 12.1 Å². The lowest BCUT2D eigenvalue weighted by Crippen LogP contribution is -2.49. The van der Waals surface area contributed by atoms with Gasteiger partial charge in [0.25, 0.3) is 5.91 Å². The molecule has 22 heavy (non-hydrogen) atoms. The number of furan rings is 1. The van der Waals surface area contributed by atoms with E-state index in [2.05, 4.69) is 21.4 Å². The molecule has 0 saturated carbocycles. The summed E-state index contributed by atoms with van der Waals surface area (Å²) in [6.07, 6.45) is 6.40. The molecule has 1 aliphatic heterocycles. The van der Waals surface area contributed by atoms with E-state index in [1.165, 1.54) is 0 Å². The van der Waals surface area contributed by atoms with Crippen LogP contribution in [-0.4, -0.2) is 58.0 Å². The lowest BCUT2D eigenvalue weighted by atomic mass is 10.3. The number of imidazole rings is 1. The molecule has 1 fully saturated rings. The lowest BCUT2D eigenvalue weighted by molar-refractivity contribution is 0.0602. The van der Waals surface area contributed by atoms with E-state index < -0.39 is 0 Å². The minimum absolute atomic E-state index is 0.00692. The van der Waals surface area contributed by atoms with Crippen molar-refractivity contribution in [1.82, 2.24) is 19.4 Å². The standard InChI is InChI=1S/C16H22N4O2/c1-2-15-17-5-6-19(15)10-7-18-8-11-20(12-9-18)16(21)14-4-3-13-22-14/h3-6,13H,2,7-12H2,1H3. The summed E-state index contributed by atoms with van der Waals surface area (Å²) in [5.41, 5.74) is 0. The Kier molecular flexibility index (Phi) is 4.58. The van der Waals surface area contributed by atoms with E-state index in [9.17, 15) is 4.79 Å². The Labute approximate surface area is 130 Å². The summed E-state index contributed by atoms with van der Waals surface area (Å²) in [4.78, 5) is 20.8. The van der Waals surface area contributed by atoms with Crippen LogP contribution in [-0.2, 0) is 13.0 Å². The number of aryl methyl sites for hydroxylation is 1. The van der Waals surface area contributed by atoms with E-state index in [1.807, 2.05) is 17.3 Å². The Balaban J connectivity index is 1.47. The van der Waals surface area contributed by atoms with E-state index in [1.54, 1.807) is 18.4 Å². The smallest absolute Gasteiger partial charge is 0.289 e. The first-order valence-electron chi connectivity index (χ1n) is 7.83. The third-order valence-electron chi connectivity index (χ3n) is 4.17. The average Bonchev–Trinajstić information content (AvgIpc) is 3.24. The highest BCUT2D eigenvalue weighted by molar-refractivity contribution is 5.91. The highest BCUT2D eigenvalue weighted by atomic mass is 16.3. The van der Waals surface area contributed by atoms with Gasteiger partial charge in [0.2, 0.25) is 0 Å². The van der Waals surface area contributed by atoms with E-state index in [4.69, 9.17) is 4.42 Å². The van der Waals surface area contributed by atoms with Gasteiger partial charge in [-0.15, -0.1) is 0 Å². The summed E-state index contributed by atoms with van der Waals surface area (Å²) in [5, 5.41) is 0. The third-order valence-corrected chi connectivity index (χ3v) is 4.17. The molecule has 0 bridgehead atoms. The molecule has 0 radical (unpaired) electrons. The first-order chi connectivity index (χ1) is 10.8. The number of rotatable bonds is 5. The number of hydrogen-bond donors (Lipinski definition) is 0. The Morgan fingerprint density at radius 1 is 1.27 bits per heavy atom. The Hall–Kier alpha value is -2.08. The molecule has 0 aliphatic carbocycles. The molecule has 118 valence electrons. The maximum absolute atomic E-state index is 12.2. The SMILES string of the molecule is CCc1nccn1CCN1CCN(C(=O)c2ccco2)CC1. The molecule has 1 saturated heterocycles. The predicted molar refractivity (Wildman–Crippen MR) is 82.7 cm³/mol. The van der Waals surface area contributed by atoms with Gasteiger partial charge in [-0.25, -0.2) is 4.98 Å². The molecule has 6 nitrogen and oxygen atoms in total. The van der Waals surface area contributed by atoms with Gasteiger partial charge in [-0.2, -0.15) is 0 Å². The van der Waals surface area contributed by atoms with E-state index in [-0.39, 0.29) is 5.91 Å². The molecule has 6 heteroatoms. The summed E-state index contributed by atoms with van der Waals surface area (Å²) in [6.45, 7) is 7.39. The zero-order chi connectivity index (χ0) is 15.4. The molecule has 0 aromatic carbocycles. The molecule has 1 amide bonds. The normalized spacial score (nSPS) is 16.1. The number of carbonyl (C=O) groups excluding carboxylic acids is 1. The highest BCUT2D eigenvalue weighted by Crippen LogP contribution is 2.09. The van der Waals surface area contributed by atoms with Crippen molar-refractivity contribution < 1.29 is 9.21 Å². The van der Waals surface area contributed by atoms with Crippen LogP contribution >= 0.6 is 0 Å². The highest BCUT2D eigenvalue weighted by Gasteiger charge is 2.23. The van der Waals surface area contributed by atoms with Gasteiger partial charge in [-0.3, -0.25) is 9.69 Å². The molecule has 0 N–H and O–H groups in total. The van der Waals surface area contributed by atoms with Gasteiger partial charge in [0.05, 0.1) is 6.26 Å². The van der Waals surface area contributed by atoms with Crippen LogP contribution in [0.5, 0.6) is 0 Å². The molecular weight excluding hydrogens is 280 g/mol. The Morgan fingerprint density at radius 3 is 2.77 bits per heavy atom. The summed E-state index contributed by atoms with van der Waals surface area (Å²) >= 11 is 0. The molecule has 0 atom stereocenters. The van der Waals surface area contributed by atoms with Gasteiger partial charge in [-0.1, -0.05) is 6.92 Å². The van der Waals surface area contributed by atoms with E-state index in [0.717, 1.165) is 51.5 Å². The van der Waals surface area contributed by atoms with Crippen molar-refractivity contribution >= 4 is 5.91 Å². The zero-order valence-corrected chi connectivity index (χ0v) is 12.9. The maximum Gasteiger partial charge on any atom is 0.289 e. The van der Waals surface area contributed by atoms with Crippen LogP contribution in [0.25, 0.3) is 0 Å². The minimum Gasteiger partial charge on any atom is -0.459 e. The Morgan fingerprint density at radius 2 is 2.09 bits per heavy atom. The number of amides is 1. The summed E-state index contributed by atoms with van der Waals surface area (Å²) in [6, 6.07) is 3.47. The van der Waals surface area contributed by atoms with Crippen molar-refractivity contribution in [3.05, 3.63) is 42.4 Å². The fourth-order valence-electron chi connectivity index (χ4n) is 2.84. The van der Waals surface area contributed by atoms with Crippen molar-refractivity contribution in [1.29, 1.82) is 0 Å². The van der Waals surface area contributed by atoms with Crippen LogP contribution in [0.2, 0.25) is 0 Å². The van der Waals surface area contributed by atoms with E-state index in [0.29, 0.717) is 5.76 Å². The van der Waals surface area contributed by atoms with Crippen LogP contribution in [0, 0.1) is 0 Å². The zero-order valence-electron chi connectivity index (χ0n) is 12.9. The van der Waals surface area contributed by atoms with Gasteiger partial charge in [0.15, 0.2) is 5.76 Å². The topological polar surface area (TPSA) is 54.5 Å². The Bertz CT molecular complexity index is 597. The van der Waals surface area contributed by atoms with Crippen LogP contribution in [0.4, 0.5) is 0 Å². The van der Waals surface area contributed by atoms with Crippen LogP contribution in [0.1, 0.15) is 23.3 Å². The van der Waals surface area contributed by atoms with Crippen molar-refractivity contribution in [2.45, 2.75) is 19.9 Å². The quantitative estimate of drug-likeness (QED) is 0.840. The number of aromatic nitrogens is 2. The number of piperazine rings is 1. The molecule has 3 rings (SSSR count). The summed E-state index contributed by atoms with van der Waals surface area (Å²) < 4.78 is 7.39. The summed E-state index contributed by atoms with van der Waals surface area (Å²) in [5.74, 6) is 1.55. The predicted octanol–water partition coefficient (Wildman–Crippen LogP) is 1.50. The number of carbonyl (C=O) groups is 1. The van der Waals surface area contributed by atoms with E-state index >= 15 is 0 Å². The van der Waals surface area contributed by atoms with Crippen molar-refractivity contribution in [2.24, 2.45) is 0 Å². The van der Waals surface area contributed by atoms with Gasteiger partial charge < -0.3 is 13.9 Å². The van der Waals surface area contributed by atoms with Crippen LogP contribution in [0.15, 0.2) is 35.2 Å². The first kappa shape index (κ1) is 14.8. The van der Waals surface area contributed by atoms with Crippen molar-refractivity contribution in [3.8, 4) is 0 Å². The second kappa shape index (κ2) is 6.79. The van der Waals surface area contributed by atoms with Gasteiger partial charge >= 0.3 is 0 Å². The molecule has 2 aromatic rings. The second-order valence-corrected chi connectivity index (χ2v) is 5.50. The van der Waals surface area contributed by atoms with Crippen molar-refractivity contribution in [2.75, 3.05) is 32.7 Å². The summed E-state index contributed by atoms with van der Waals surface area (Å²) in [7, 11) is 0. The molecular formula is C16H22N4O2. The van der Waals surface area contributed by atoms with Crippen LogP contribution in [0.3, 0.4) is 0 Å². The third kappa shape index (κ3) is 3.22. The lowest BCUT2D eigenvalue weighted by Gasteiger charge is -2.34. The number of hydrogen-bond acceptors (Lipinski definition) is 4. The monoisotopic (exact) mass is 302 g/mol. The van der Waals surface area contributed by atoms with Crippen molar-refractivity contribution in [3.63, 3.8) is 0 Å².